The maximum absolute atomic E-state index is 5.44. The highest BCUT2D eigenvalue weighted by Crippen LogP contribution is 2.51. The molecular formula is C18H25NO. The van der Waals surface area contributed by atoms with Crippen LogP contribution in [0.3, 0.4) is 0 Å². The second-order valence-electron chi connectivity index (χ2n) is 6.83. The van der Waals surface area contributed by atoms with Crippen LogP contribution >= 0.6 is 0 Å². The van der Waals surface area contributed by atoms with E-state index in [1.165, 1.54) is 48.9 Å². The third kappa shape index (κ3) is 1.81. The Balaban J connectivity index is 2.17. The molecule has 1 fully saturated rings. The highest BCUT2D eigenvalue weighted by molar-refractivity contribution is 6.02. The van der Waals surface area contributed by atoms with Crippen LogP contribution in [-0.4, -0.2) is 18.4 Å². The molecule has 0 radical (unpaired) electrons. The van der Waals surface area contributed by atoms with Gasteiger partial charge in [-0.2, -0.15) is 0 Å². The molecular weight excluding hydrogens is 246 g/mol. The molecule has 1 saturated carbocycles. The topological polar surface area (TPSA) is 21.6 Å². The van der Waals surface area contributed by atoms with Crippen molar-refractivity contribution < 1.29 is 4.74 Å². The van der Waals surface area contributed by atoms with Crippen molar-refractivity contribution in [1.82, 2.24) is 0 Å². The van der Waals surface area contributed by atoms with Gasteiger partial charge in [0.25, 0.3) is 0 Å². The predicted octanol–water partition coefficient (Wildman–Crippen LogP) is 4.50. The van der Waals surface area contributed by atoms with Gasteiger partial charge in [-0.05, 0) is 49.1 Å². The monoisotopic (exact) mass is 271 g/mol. The van der Waals surface area contributed by atoms with Crippen molar-refractivity contribution in [3.05, 3.63) is 29.3 Å². The van der Waals surface area contributed by atoms with Gasteiger partial charge in [-0.25, -0.2) is 0 Å². The summed E-state index contributed by atoms with van der Waals surface area (Å²) in [7, 11) is 1.74. The zero-order valence-electron chi connectivity index (χ0n) is 13.1. The number of benzene rings is 1. The minimum absolute atomic E-state index is 0.0802. The quantitative estimate of drug-likeness (QED) is 0.737. The van der Waals surface area contributed by atoms with Gasteiger partial charge in [0, 0.05) is 11.1 Å². The fourth-order valence-electron chi connectivity index (χ4n) is 4.13. The summed E-state index contributed by atoms with van der Waals surface area (Å²) in [6.45, 7) is 6.90. The molecule has 0 amide bonds. The number of rotatable bonds is 1. The molecule has 0 aromatic heterocycles. The van der Waals surface area contributed by atoms with Crippen LogP contribution < -0.4 is 4.74 Å². The molecule has 0 atom stereocenters. The van der Waals surface area contributed by atoms with E-state index in [1.807, 2.05) is 6.07 Å². The first-order chi connectivity index (χ1) is 9.50. The van der Waals surface area contributed by atoms with Gasteiger partial charge in [0.05, 0.1) is 12.6 Å². The summed E-state index contributed by atoms with van der Waals surface area (Å²) in [5, 5.41) is 0. The summed E-state index contributed by atoms with van der Waals surface area (Å²) in [6.07, 6.45) is 6.40. The van der Waals surface area contributed by atoms with E-state index in [0.717, 1.165) is 5.75 Å². The zero-order chi connectivity index (χ0) is 14.4. The van der Waals surface area contributed by atoms with Gasteiger partial charge in [-0.1, -0.05) is 33.1 Å². The lowest BCUT2D eigenvalue weighted by atomic mass is 9.59. The molecule has 1 aliphatic heterocycles. The standard InChI is InChI=1S/C18H25NO/c1-13-15-9-8-14(20-4)12-16(15)17(2,3)18(19-13)10-6-5-7-11-18/h8-9,12H,5-7,10-11H2,1-4H3. The number of methoxy groups -OCH3 is 1. The average Bonchev–Trinajstić information content (AvgIpc) is 2.46. The number of fused-ring (bicyclic) bond motifs is 1. The van der Waals surface area contributed by atoms with Crippen molar-refractivity contribution >= 4 is 5.71 Å². The Hall–Kier alpha value is -1.31. The molecule has 1 spiro atoms. The molecule has 0 unspecified atom stereocenters. The molecule has 3 rings (SSSR count). The Bertz CT molecular complexity index is 551. The Labute approximate surface area is 122 Å². The Kier molecular flexibility index (Phi) is 3.15. The number of hydrogen-bond donors (Lipinski definition) is 0. The fraction of sp³-hybridized carbons (Fsp3) is 0.611. The van der Waals surface area contributed by atoms with Gasteiger partial charge in [-0.15, -0.1) is 0 Å². The molecule has 1 heterocycles. The summed E-state index contributed by atoms with van der Waals surface area (Å²) >= 11 is 0. The molecule has 2 heteroatoms. The summed E-state index contributed by atoms with van der Waals surface area (Å²) in [5.74, 6) is 0.956. The lowest BCUT2D eigenvalue weighted by Crippen LogP contribution is -2.51. The van der Waals surface area contributed by atoms with Crippen molar-refractivity contribution in [2.45, 2.75) is 63.8 Å². The SMILES string of the molecule is COc1ccc2c(c1)C(C)(C)C1(CCCCC1)N=C2C. The normalized spacial score (nSPS) is 23.1. The molecule has 20 heavy (non-hydrogen) atoms. The molecule has 1 aromatic rings. The molecule has 0 saturated heterocycles. The van der Waals surface area contributed by atoms with Crippen LogP contribution in [0.2, 0.25) is 0 Å². The Morgan fingerprint density at radius 3 is 2.45 bits per heavy atom. The lowest BCUT2D eigenvalue weighted by molar-refractivity contribution is 0.182. The lowest BCUT2D eigenvalue weighted by Gasteiger charge is -2.50. The van der Waals surface area contributed by atoms with E-state index >= 15 is 0 Å². The summed E-state index contributed by atoms with van der Waals surface area (Å²) in [6, 6.07) is 6.45. The van der Waals surface area contributed by atoms with Crippen LogP contribution in [-0.2, 0) is 5.41 Å². The van der Waals surface area contributed by atoms with E-state index in [9.17, 15) is 0 Å². The van der Waals surface area contributed by atoms with E-state index in [1.54, 1.807) is 7.11 Å². The molecule has 1 aromatic carbocycles. The van der Waals surface area contributed by atoms with Crippen molar-refractivity contribution in [1.29, 1.82) is 0 Å². The minimum Gasteiger partial charge on any atom is -0.497 e. The fourth-order valence-corrected chi connectivity index (χ4v) is 4.13. The van der Waals surface area contributed by atoms with Gasteiger partial charge in [0.15, 0.2) is 0 Å². The van der Waals surface area contributed by atoms with Crippen LogP contribution in [0.4, 0.5) is 0 Å². The van der Waals surface area contributed by atoms with Crippen LogP contribution in [0.5, 0.6) is 5.75 Å². The third-order valence-corrected chi connectivity index (χ3v) is 5.52. The molecule has 0 bridgehead atoms. The van der Waals surface area contributed by atoms with Crippen molar-refractivity contribution in [2.24, 2.45) is 4.99 Å². The largest absolute Gasteiger partial charge is 0.497 e. The van der Waals surface area contributed by atoms with Gasteiger partial charge in [-0.3, -0.25) is 4.99 Å². The minimum atomic E-state index is 0.0802. The number of aliphatic imine (C=N–C) groups is 1. The summed E-state index contributed by atoms with van der Waals surface area (Å²) in [4.78, 5) is 5.20. The highest BCUT2D eigenvalue weighted by atomic mass is 16.5. The van der Waals surface area contributed by atoms with Crippen molar-refractivity contribution in [3.63, 3.8) is 0 Å². The van der Waals surface area contributed by atoms with E-state index < -0.39 is 0 Å². The van der Waals surface area contributed by atoms with Crippen LogP contribution in [0.1, 0.15) is 64.0 Å². The van der Waals surface area contributed by atoms with E-state index in [0.29, 0.717) is 0 Å². The first-order valence-corrected chi connectivity index (χ1v) is 7.75. The Morgan fingerprint density at radius 2 is 1.80 bits per heavy atom. The second-order valence-corrected chi connectivity index (χ2v) is 6.83. The Morgan fingerprint density at radius 1 is 1.10 bits per heavy atom. The molecule has 0 N–H and O–H groups in total. The second kappa shape index (κ2) is 4.61. The number of nitrogens with zero attached hydrogens (tertiary/aromatic N) is 1. The first kappa shape index (κ1) is 13.7. The maximum atomic E-state index is 5.44. The maximum Gasteiger partial charge on any atom is 0.119 e. The third-order valence-electron chi connectivity index (χ3n) is 5.52. The molecule has 2 aliphatic rings. The van der Waals surface area contributed by atoms with Crippen LogP contribution in [0.25, 0.3) is 0 Å². The zero-order valence-corrected chi connectivity index (χ0v) is 13.1. The van der Waals surface area contributed by atoms with Crippen molar-refractivity contribution in [2.75, 3.05) is 7.11 Å². The summed E-state index contributed by atoms with van der Waals surface area (Å²) < 4.78 is 5.44. The van der Waals surface area contributed by atoms with Gasteiger partial charge < -0.3 is 4.74 Å². The smallest absolute Gasteiger partial charge is 0.119 e. The average molecular weight is 271 g/mol. The van der Waals surface area contributed by atoms with Crippen LogP contribution in [0, 0.1) is 0 Å². The van der Waals surface area contributed by atoms with E-state index in [-0.39, 0.29) is 11.0 Å². The first-order valence-electron chi connectivity index (χ1n) is 7.75. The van der Waals surface area contributed by atoms with Gasteiger partial charge >= 0.3 is 0 Å². The molecule has 1 aliphatic carbocycles. The summed E-state index contributed by atoms with van der Waals surface area (Å²) in [5.41, 5.74) is 4.08. The number of hydrogen-bond acceptors (Lipinski definition) is 2. The van der Waals surface area contributed by atoms with Crippen LogP contribution in [0.15, 0.2) is 23.2 Å². The molecule has 2 nitrogen and oxygen atoms in total. The predicted molar refractivity (Wildman–Crippen MR) is 84.0 cm³/mol. The van der Waals surface area contributed by atoms with Gasteiger partial charge in [0.2, 0.25) is 0 Å². The van der Waals surface area contributed by atoms with Crippen molar-refractivity contribution in [3.8, 4) is 5.75 Å². The highest BCUT2D eigenvalue weighted by Gasteiger charge is 2.49. The van der Waals surface area contributed by atoms with Gasteiger partial charge in [0.1, 0.15) is 5.75 Å². The van der Waals surface area contributed by atoms with E-state index in [2.05, 4.69) is 32.9 Å². The van der Waals surface area contributed by atoms with E-state index in [4.69, 9.17) is 9.73 Å². The molecule has 108 valence electrons. The number of ether oxygens (including phenoxy) is 1.